The van der Waals surface area contributed by atoms with Crippen molar-refractivity contribution >= 4 is 37.9 Å². The van der Waals surface area contributed by atoms with Crippen LogP contribution >= 0.6 is 0 Å². The van der Waals surface area contributed by atoms with Crippen molar-refractivity contribution in [3.8, 4) is 0 Å². The highest BCUT2D eigenvalue weighted by Crippen LogP contribution is 2.35. The smallest absolute Gasteiger partial charge is 0.322 e. The van der Waals surface area contributed by atoms with Gasteiger partial charge in [0.2, 0.25) is 10.0 Å². The number of carboxylic acid groups (broad SMARTS) is 1. The van der Waals surface area contributed by atoms with Crippen LogP contribution in [0.15, 0.2) is 58.0 Å². The topological polar surface area (TPSA) is 112 Å². The Hall–Kier alpha value is -3.10. The van der Waals surface area contributed by atoms with Gasteiger partial charge in [-0.15, -0.1) is 0 Å². The molecular formula is C23H22N2O5S. The lowest BCUT2D eigenvalue weighted by atomic mass is 9.96. The molecule has 0 unspecified atom stereocenters. The van der Waals surface area contributed by atoms with Gasteiger partial charge in [0.05, 0.1) is 4.90 Å². The molecule has 160 valence electrons. The van der Waals surface area contributed by atoms with Crippen LogP contribution in [0, 0.1) is 0 Å². The Bertz CT molecular complexity index is 1400. The Morgan fingerprint density at radius 1 is 1.13 bits per heavy atom. The highest BCUT2D eigenvalue weighted by atomic mass is 32.2. The van der Waals surface area contributed by atoms with E-state index in [4.69, 9.17) is 4.42 Å². The molecule has 1 atom stereocenters. The number of hydrogen-bond donors (Lipinski definition) is 3. The highest BCUT2D eigenvalue weighted by molar-refractivity contribution is 7.89. The number of H-pyrrole nitrogens is 1. The van der Waals surface area contributed by atoms with E-state index in [1.807, 2.05) is 24.3 Å². The summed E-state index contributed by atoms with van der Waals surface area (Å²) >= 11 is 0. The van der Waals surface area contributed by atoms with E-state index >= 15 is 0 Å². The van der Waals surface area contributed by atoms with E-state index < -0.39 is 22.0 Å². The number of benzene rings is 2. The molecule has 2 heterocycles. The van der Waals surface area contributed by atoms with Gasteiger partial charge in [0, 0.05) is 40.9 Å². The first-order chi connectivity index (χ1) is 14.9. The number of hydrogen-bond acceptors (Lipinski definition) is 4. The van der Waals surface area contributed by atoms with E-state index in [2.05, 4.69) is 9.71 Å². The maximum Gasteiger partial charge on any atom is 0.322 e. The van der Waals surface area contributed by atoms with Gasteiger partial charge in [-0.1, -0.05) is 24.3 Å². The highest BCUT2D eigenvalue weighted by Gasteiger charge is 2.30. The van der Waals surface area contributed by atoms with Gasteiger partial charge >= 0.3 is 5.97 Å². The molecule has 8 heteroatoms. The first-order valence-corrected chi connectivity index (χ1v) is 11.8. The Labute approximate surface area is 179 Å². The summed E-state index contributed by atoms with van der Waals surface area (Å²) in [6.45, 7) is 0. The zero-order valence-corrected chi connectivity index (χ0v) is 17.5. The van der Waals surface area contributed by atoms with Gasteiger partial charge in [-0.25, -0.2) is 8.42 Å². The van der Waals surface area contributed by atoms with Crippen molar-refractivity contribution in [2.45, 2.75) is 43.0 Å². The number of aliphatic carboxylic acids is 1. The Morgan fingerprint density at radius 3 is 2.77 bits per heavy atom. The van der Waals surface area contributed by atoms with Gasteiger partial charge in [-0.3, -0.25) is 4.79 Å². The van der Waals surface area contributed by atoms with Gasteiger partial charge in [0.15, 0.2) is 0 Å². The van der Waals surface area contributed by atoms with E-state index in [-0.39, 0.29) is 11.3 Å². The van der Waals surface area contributed by atoms with E-state index in [1.165, 1.54) is 6.07 Å². The lowest BCUT2D eigenvalue weighted by Crippen LogP contribution is -2.42. The molecule has 0 spiro atoms. The molecule has 0 saturated carbocycles. The minimum absolute atomic E-state index is 0.0258. The standard InChI is InChI=1S/C23H22N2O5S/c26-23(27)18(12-14-13-24-17-8-3-1-6-15(14)17)25-31(28,29)21-11-5-10-20-22(21)16-7-2-4-9-19(16)30-20/h1,3,5-6,8,10-11,13,18,24-25H,2,4,7,9,12H2,(H,26,27)/t18-/m0/s1. The lowest BCUT2D eigenvalue weighted by molar-refractivity contribution is -0.138. The number of aromatic amines is 1. The molecular weight excluding hydrogens is 416 g/mol. The first-order valence-electron chi connectivity index (χ1n) is 10.3. The molecule has 4 aromatic rings. The normalized spacial score (nSPS) is 15.2. The van der Waals surface area contributed by atoms with Crippen LogP contribution in [0.5, 0.6) is 0 Å². The van der Waals surface area contributed by atoms with Gasteiger partial charge < -0.3 is 14.5 Å². The first kappa shape index (κ1) is 19.8. The molecule has 2 aromatic carbocycles. The van der Waals surface area contributed by atoms with Crippen LogP contribution < -0.4 is 4.72 Å². The second kappa shape index (κ2) is 7.55. The molecule has 0 fully saturated rings. The minimum atomic E-state index is -4.09. The van der Waals surface area contributed by atoms with E-state index in [0.29, 0.717) is 11.0 Å². The molecule has 5 rings (SSSR count). The predicted molar refractivity (Wildman–Crippen MR) is 117 cm³/mol. The van der Waals surface area contributed by atoms with Crippen molar-refractivity contribution in [3.05, 3.63) is 65.5 Å². The molecule has 1 aliphatic carbocycles. The van der Waals surface area contributed by atoms with Crippen molar-refractivity contribution in [1.29, 1.82) is 0 Å². The average molecular weight is 439 g/mol. The van der Waals surface area contributed by atoms with Gasteiger partial charge in [0.25, 0.3) is 0 Å². The third-order valence-corrected chi connectivity index (χ3v) is 7.44. The predicted octanol–water partition coefficient (Wildman–Crippen LogP) is 3.77. The van der Waals surface area contributed by atoms with Gasteiger partial charge in [-0.05, 0) is 43.0 Å². The Balaban J connectivity index is 1.51. The number of nitrogens with one attached hydrogen (secondary N) is 2. The lowest BCUT2D eigenvalue weighted by Gasteiger charge is -2.16. The summed E-state index contributed by atoms with van der Waals surface area (Å²) in [5.41, 5.74) is 3.06. The maximum atomic E-state index is 13.3. The van der Waals surface area contributed by atoms with Crippen molar-refractivity contribution < 1.29 is 22.7 Å². The number of para-hydroxylation sites is 1. The molecule has 0 amide bonds. The van der Waals surface area contributed by atoms with Gasteiger partial charge in [0.1, 0.15) is 17.4 Å². The largest absolute Gasteiger partial charge is 0.480 e. The fourth-order valence-electron chi connectivity index (χ4n) is 4.46. The second-order valence-corrected chi connectivity index (χ2v) is 9.60. The zero-order valence-electron chi connectivity index (χ0n) is 16.7. The summed E-state index contributed by atoms with van der Waals surface area (Å²) in [4.78, 5) is 15.1. The summed E-state index contributed by atoms with van der Waals surface area (Å²) < 4.78 is 34.9. The van der Waals surface area contributed by atoms with Crippen molar-refractivity contribution in [3.63, 3.8) is 0 Å². The van der Waals surface area contributed by atoms with Crippen LogP contribution in [0.3, 0.4) is 0 Å². The molecule has 3 N–H and O–H groups in total. The fourth-order valence-corrected chi connectivity index (χ4v) is 5.89. The molecule has 0 saturated heterocycles. The molecule has 0 aliphatic heterocycles. The van der Waals surface area contributed by atoms with Crippen LogP contribution in [0.2, 0.25) is 0 Å². The summed E-state index contributed by atoms with van der Waals surface area (Å²) in [6, 6.07) is 11.1. The fraction of sp³-hybridized carbons (Fsp3) is 0.261. The SMILES string of the molecule is O=C(O)[C@H](Cc1c[nH]c2ccccc12)NS(=O)(=O)c1cccc2oc3c(c12)CCCC3. The Morgan fingerprint density at radius 2 is 1.94 bits per heavy atom. The average Bonchev–Trinajstić information content (AvgIpc) is 3.34. The molecule has 7 nitrogen and oxygen atoms in total. The summed E-state index contributed by atoms with van der Waals surface area (Å²) in [7, 11) is -4.09. The van der Waals surface area contributed by atoms with E-state index in [1.54, 1.807) is 18.3 Å². The number of aryl methyl sites for hydroxylation is 2. The van der Waals surface area contributed by atoms with Crippen LogP contribution in [0.1, 0.15) is 29.7 Å². The maximum absolute atomic E-state index is 13.3. The number of sulfonamides is 1. The number of aromatic nitrogens is 1. The Kier molecular flexibility index (Phi) is 4.83. The number of rotatable bonds is 6. The third-order valence-electron chi connectivity index (χ3n) is 5.92. The van der Waals surface area contributed by atoms with Crippen molar-refractivity contribution in [2.75, 3.05) is 0 Å². The zero-order chi connectivity index (χ0) is 21.6. The molecule has 0 bridgehead atoms. The number of furan rings is 1. The summed E-state index contributed by atoms with van der Waals surface area (Å²) in [5, 5.41) is 11.2. The van der Waals surface area contributed by atoms with Crippen molar-refractivity contribution in [2.24, 2.45) is 0 Å². The summed E-state index contributed by atoms with van der Waals surface area (Å²) in [5.74, 6) is -0.396. The number of carbonyl (C=O) groups is 1. The van der Waals surface area contributed by atoms with Crippen LogP contribution in [-0.4, -0.2) is 30.5 Å². The molecule has 2 aromatic heterocycles. The van der Waals surface area contributed by atoms with Crippen LogP contribution in [-0.2, 0) is 34.1 Å². The number of fused-ring (bicyclic) bond motifs is 4. The number of carboxylic acids is 1. The minimum Gasteiger partial charge on any atom is -0.480 e. The van der Waals surface area contributed by atoms with Crippen LogP contribution in [0.25, 0.3) is 21.9 Å². The van der Waals surface area contributed by atoms with Crippen molar-refractivity contribution in [1.82, 2.24) is 9.71 Å². The monoisotopic (exact) mass is 438 g/mol. The quantitative estimate of drug-likeness (QED) is 0.424. The van der Waals surface area contributed by atoms with Gasteiger partial charge in [-0.2, -0.15) is 4.72 Å². The summed E-state index contributed by atoms with van der Waals surface area (Å²) in [6.07, 6.45) is 5.28. The van der Waals surface area contributed by atoms with E-state index in [0.717, 1.165) is 53.5 Å². The molecule has 31 heavy (non-hydrogen) atoms. The van der Waals surface area contributed by atoms with E-state index in [9.17, 15) is 18.3 Å². The van der Waals surface area contributed by atoms with Crippen LogP contribution in [0.4, 0.5) is 0 Å². The second-order valence-electron chi connectivity index (χ2n) is 7.92. The molecule has 0 radical (unpaired) electrons. The third kappa shape index (κ3) is 3.51. The molecule has 1 aliphatic rings.